The smallest absolute Gasteiger partial charge is 0.253 e. The highest BCUT2D eigenvalue weighted by Crippen LogP contribution is 2.37. The lowest BCUT2D eigenvalue weighted by Crippen LogP contribution is -2.43. The number of piperidine rings is 1. The standard InChI is InChI=1S/C21H24ClN5O/c22-18-10-15(26-9-1-2-14(12-26)7-8-23)3-5-17(18)21(28)25-19-11-16-4-6-20(19)27(16)13-24/h3,5,10,14,16,19-20H,1-2,4,6-7,9,11-12H2,(H,25,28)/t14-,16-,19+,20+/m0/s1. The van der Waals surface area contributed by atoms with Gasteiger partial charge in [0.2, 0.25) is 0 Å². The summed E-state index contributed by atoms with van der Waals surface area (Å²) in [5, 5.41) is 21.8. The molecule has 6 nitrogen and oxygen atoms in total. The molecule has 28 heavy (non-hydrogen) atoms. The van der Waals surface area contributed by atoms with Crippen molar-refractivity contribution in [3.8, 4) is 12.3 Å². The van der Waals surface area contributed by atoms with Crippen LogP contribution < -0.4 is 10.2 Å². The minimum Gasteiger partial charge on any atom is -0.371 e. The first-order chi connectivity index (χ1) is 13.6. The van der Waals surface area contributed by atoms with E-state index in [4.69, 9.17) is 16.9 Å². The van der Waals surface area contributed by atoms with E-state index in [1.807, 2.05) is 17.0 Å². The van der Waals surface area contributed by atoms with Crippen molar-refractivity contribution in [2.75, 3.05) is 18.0 Å². The number of carbonyl (C=O) groups is 1. The highest BCUT2D eigenvalue weighted by atomic mass is 35.5. The summed E-state index contributed by atoms with van der Waals surface area (Å²) in [4.78, 5) is 16.9. The van der Waals surface area contributed by atoms with Crippen LogP contribution in [0.5, 0.6) is 0 Å². The van der Waals surface area contributed by atoms with E-state index < -0.39 is 0 Å². The van der Waals surface area contributed by atoms with Gasteiger partial charge in [-0.15, -0.1) is 0 Å². The number of amides is 1. The lowest BCUT2D eigenvalue weighted by molar-refractivity contribution is 0.0928. The highest BCUT2D eigenvalue weighted by Gasteiger charge is 2.46. The summed E-state index contributed by atoms with van der Waals surface area (Å²) >= 11 is 6.46. The molecular weight excluding hydrogens is 374 g/mol. The van der Waals surface area contributed by atoms with E-state index in [1.54, 1.807) is 6.07 Å². The minimum atomic E-state index is -0.173. The third-order valence-electron chi connectivity index (χ3n) is 6.43. The topological polar surface area (TPSA) is 83.2 Å². The van der Waals surface area contributed by atoms with Crippen LogP contribution in [-0.2, 0) is 0 Å². The van der Waals surface area contributed by atoms with Crippen LogP contribution in [0.15, 0.2) is 18.2 Å². The average molecular weight is 398 g/mol. The summed E-state index contributed by atoms with van der Waals surface area (Å²) in [5.41, 5.74) is 1.47. The van der Waals surface area contributed by atoms with E-state index in [9.17, 15) is 10.1 Å². The number of carbonyl (C=O) groups excluding carboxylic acids is 1. The lowest BCUT2D eigenvalue weighted by Gasteiger charge is -2.33. The van der Waals surface area contributed by atoms with Gasteiger partial charge in [0.25, 0.3) is 5.91 Å². The molecule has 1 amide bonds. The average Bonchev–Trinajstić information content (AvgIpc) is 3.25. The fraction of sp³-hybridized carbons (Fsp3) is 0.571. The van der Waals surface area contributed by atoms with Crippen LogP contribution in [0.25, 0.3) is 0 Å². The molecule has 0 unspecified atom stereocenters. The van der Waals surface area contributed by atoms with Gasteiger partial charge in [0.05, 0.1) is 28.7 Å². The number of nitrogens with one attached hydrogen (secondary N) is 1. The van der Waals surface area contributed by atoms with Crippen molar-refractivity contribution in [2.45, 2.75) is 56.7 Å². The molecule has 3 aliphatic heterocycles. The Bertz CT molecular complexity index is 844. The predicted molar refractivity (Wildman–Crippen MR) is 107 cm³/mol. The molecule has 0 spiro atoms. The first-order valence-electron chi connectivity index (χ1n) is 10.0. The molecule has 3 heterocycles. The fourth-order valence-electron chi connectivity index (χ4n) is 5.03. The summed E-state index contributed by atoms with van der Waals surface area (Å²) in [7, 11) is 0. The maximum absolute atomic E-state index is 12.8. The van der Waals surface area contributed by atoms with Crippen molar-refractivity contribution < 1.29 is 4.79 Å². The summed E-state index contributed by atoms with van der Waals surface area (Å²) < 4.78 is 0. The molecule has 3 aliphatic rings. The monoisotopic (exact) mass is 397 g/mol. The van der Waals surface area contributed by atoms with Gasteiger partial charge < -0.3 is 15.1 Å². The Morgan fingerprint density at radius 2 is 2.14 bits per heavy atom. The summed E-state index contributed by atoms with van der Waals surface area (Å²) in [6, 6.07) is 8.24. The van der Waals surface area contributed by atoms with Gasteiger partial charge in [0, 0.05) is 31.2 Å². The number of nitrogens with zero attached hydrogens (tertiary/aromatic N) is 4. The second-order valence-electron chi connectivity index (χ2n) is 8.10. The van der Waals surface area contributed by atoms with Crippen LogP contribution in [0.2, 0.25) is 5.02 Å². The molecule has 7 heteroatoms. The van der Waals surface area contributed by atoms with Crippen LogP contribution in [-0.4, -0.2) is 42.0 Å². The molecule has 1 aromatic rings. The van der Waals surface area contributed by atoms with Gasteiger partial charge in [0.1, 0.15) is 0 Å². The molecule has 4 atom stereocenters. The van der Waals surface area contributed by atoms with Crippen molar-refractivity contribution >= 4 is 23.2 Å². The summed E-state index contributed by atoms with van der Waals surface area (Å²) in [5.74, 6) is 0.217. The first kappa shape index (κ1) is 18.9. The number of nitriles is 2. The molecule has 0 radical (unpaired) electrons. The van der Waals surface area contributed by atoms with E-state index in [-0.39, 0.29) is 24.0 Å². The van der Waals surface area contributed by atoms with E-state index in [0.29, 0.717) is 22.9 Å². The number of halogens is 1. The zero-order valence-corrected chi connectivity index (χ0v) is 16.5. The number of hydrogen-bond acceptors (Lipinski definition) is 5. The third kappa shape index (κ3) is 3.50. The molecule has 0 aliphatic carbocycles. The van der Waals surface area contributed by atoms with Gasteiger partial charge in [-0.25, -0.2) is 0 Å². The molecule has 0 saturated carbocycles. The van der Waals surface area contributed by atoms with Crippen molar-refractivity contribution in [1.29, 1.82) is 10.5 Å². The van der Waals surface area contributed by atoms with Crippen LogP contribution in [0.1, 0.15) is 48.9 Å². The maximum Gasteiger partial charge on any atom is 0.253 e. The van der Waals surface area contributed by atoms with E-state index in [1.165, 1.54) is 0 Å². The molecule has 0 aromatic heterocycles. The van der Waals surface area contributed by atoms with Gasteiger partial charge >= 0.3 is 0 Å². The Balaban J connectivity index is 1.43. The van der Waals surface area contributed by atoms with Gasteiger partial charge in [0.15, 0.2) is 6.19 Å². The lowest BCUT2D eigenvalue weighted by atomic mass is 9.94. The fourth-order valence-corrected chi connectivity index (χ4v) is 5.29. The van der Waals surface area contributed by atoms with E-state index in [2.05, 4.69) is 22.5 Å². The number of hydrogen-bond donors (Lipinski definition) is 1. The predicted octanol–water partition coefficient (Wildman–Crippen LogP) is 3.29. The quantitative estimate of drug-likeness (QED) is 0.788. The second-order valence-corrected chi connectivity index (χ2v) is 8.51. The van der Waals surface area contributed by atoms with Crippen molar-refractivity contribution in [2.24, 2.45) is 5.92 Å². The molecule has 1 aromatic carbocycles. The minimum absolute atomic E-state index is 0.00970. The Morgan fingerprint density at radius 1 is 1.29 bits per heavy atom. The Morgan fingerprint density at radius 3 is 2.86 bits per heavy atom. The highest BCUT2D eigenvalue weighted by molar-refractivity contribution is 6.34. The summed E-state index contributed by atoms with van der Waals surface area (Å²) in [6.07, 6.45) is 7.80. The van der Waals surface area contributed by atoms with Gasteiger partial charge in [-0.3, -0.25) is 4.79 Å². The third-order valence-corrected chi connectivity index (χ3v) is 6.74. The zero-order valence-electron chi connectivity index (χ0n) is 15.8. The van der Waals surface area contributed by atoms with Crippen molar-refractivity contribution in [3.63, 3.8) is 0 Å². The van der Waals surface area contributed by atoms with Gasteiger partial charge in [-0.2, -0.15) is 10.5 Å². The Kier molecular flexibility index (Phi) is 5.33. The van der Waals surface area contributed by atoms with Crippen LogP contribution in [0.3, 0.4) is 0 Å². The van der Waals surface area contributed by atoms with Crippen molar-refractivity contribution in [1.82, 2.24) is 10.2 Å². The largest absolute Gasteiger partial charge is 0.371 e. The summed E-state index contributed by atoms with van der Waals surface area (Å²) in [6.45, 7) is 1.80. The maximum atomic E-state index is 12.8. The van der Waals surface area contributed by atoms with E-state index >= 15 is 0 Å². The van der Waals surface area contributed by atoms with Crippen molar-refractivity contribution in [3.05, 3.63) is 28.8 Å². The molecule has 2 bridgehead atoms. The SMILES string of the molecule is N#CC[C@@H]1CCCN(c2ccc(C(=O)N[C@@H]3C[C@@H]4CC[C@H]3N4C#N)c(Cl)c2)C1. The number of benzene rings is 1. The number of rotatable bonds is 4. The Labute approximate surface area is 170 Å². The van der Waals surface area contributed by atoms with Crippen LogP contribution >= 0.6 is 11.6 Å². The first-order valence-corrected chi connectivity index (χ1v) is 10.4. The van der Waals surface area contributed by atoms with Crippen LogP contribution in [0, 0.1) is 28.7 Å². The number of anilines is 1. The van der Waals surface area contributed by atoms with E-state index in [0.717, 1.165) is 50.9 Å². The molecule has 4 rings (SSSR count). The van der Waals surface area contributed by atoms with Gasteiger partial charge in [-0.05, 0) is 56.2 Å². The molecule has 146 valence electrons. The normalized spacial score (nSPS) is 28.7. The molecule has 3 fully saturated rings. The van der Waals surface area contributed by atoms with Crippen LogP contribution in [0.4, 0.5) is 5.69 Å². The molecule has 1 N–H and O–H groups in total. The zero-order chi connectivity index (χ0) is 19.7. The number of fused-ring (bicyclic) bond motifs is 2. The van der Waals surface area contributed by atoms with Gasteiger partial charge in [-0.1, -0.05) is 11.6 Å². The Hall–Kier alpha value is -2.44. The molecular formula is C21H24ClN5O. The molecule has 3 saturated heterocycles. The second kappa shape index (κ2) is 7.89.